The van der Waals surface area contributed by atoms with Gasteiger partial charge in [-0.2, -0.15) is 0 Å². The second-order valence-corrected chi connectivity index (χ2v) is 6.51. The summed E-state index contributed by atoms with van der Waals surface area (Å²) in [6.07, 6.45) is 0. The van der Waals surface area contributed by atoms with E-state index in [-0.39, 0.29) is 12.4 Å². The van der Waals surface area contributed by atoms with Gasteiger partial charge >= 0.3 is 0 Å². The van der Waals surface area contributed by atoms with Crippen molar-refractivity contribution in [3.05, 3.63) is 53.0 Å². The quantitative estimate of drug-likeness (QED) is 0.933. The minimum absolute atomic E-state index is 0.198. The number of aliphatic hydroxyl groups is 1. The maximum absolute atomic E-state index is 12.3. The van der Waals surface area contributed by atoms with E-state index in [0.29, 0.717) is 16.4 Å². The fourth-order valence-electron chi connectivity index (χ4n) is 2.00. The summed E-state index contributed by atoms with van der Waals surface area (Å²) in [6.45, 7) is 3.47. The molecule has 4 nitrogen and oxygen atoms in total. The molecule has 5 heteroatoms. The minimum atomic E-state index is -3.43. The molecule has 1 aromatic heterocycles. The molecule has 0 aliphatic carbocycles. The minimum Gasteiger partial charge on any atom is -0.463 e. The zero-order chi connectivity index (χ0) is 14.0. The van der Waals surface area contributed by atoms with Gasteiger partial charge in [0.25, 0.3) is 0 Å². The Kier molecular flexibility index (Phi) is 3.78. The number of hydrogen-bond acceptors (Lipinski definition) is 4. The SMILES string of the molecule is Cc1ccc(S(=O)(=O)Cc2ccc(CO)o2)c(C)c1. The van der Waals surface area contributed by atoms with Crippen molar-refractivity contribution in [3.63, 3.8) is 0 Å². The van der Waals surface area contributed by atoms with Crippen molar-refractivity contribution in [2.45, 2.75) is 31.1 Å². The molecule has 2 aromatic rings. The largest absolute Gasteiger partial charge is 0.463 e. The summed E-state index contributed by atoms with van der Waals surface area (Å²) in [7, 11) is -3.43. The Balaban J connectivity index is 2.32. The number of aliphatic hydroxyl groups excluding tert-OH is 1. The Morgan fingerprint density at radius 1 is 1.11 bits per heavy atom. The molecule has 102 valence electrons. The summed E-state index contributed by atoms with van der Waals surface area (Å²) < 4.78 is 29.8. The van der Waals surface area contributed by atoms with E-state index >= 15 is 0 Å². The average molecular weight is 280 g/mol. The second-order valence-electron chi connectivity index (χ2n) is 4.55. The number of aryl methyl sites for hydroxylation is 2. The lowest BCUT2D eigenvalue weighted by atomic mass is 10.2. The summed E-state index contributed by atoms with van der Waals surface area (Å²) in [5.41, 5.74) is 1.76. The van der Waals surface area contributed by atoms with E-state index < -0.39 is 9.84 Å². The third kappa shape index (κ3) is 3.05. The van der Waals surface area contributed by atoms with Gasteiger partial charge in [-0.15, -0.1) is 0 Å². The van der Waals surface area contributed by atoms with E-state index in [2.05, 4.69) is 0 Å². The van der Waals surface area contributed by atoms with Gasteiger partial charge in [-0.05, 0) is 37.6 Å². The van der Waals surface area contributed by atoms with Gasteiger partial charge in [0.15, 0.2) is 9.84 Å². The van der Waals surface area contributed by atoms with Crippen LogP contribution in [0.3, 0.4) is 0 Å². The lowest BCUT2D eigenvalue weighted by molar-refractivity contribution is 0.244. The summed E-state index contributed by atoms with van der Waals surface area (Å²) in [6, 6.07) is 8.39. The van der Waals surface area contributed by atoms with Crippen LogP contribution in [0.4, 0.5) is 0 Å². The van der Waals surface area contributed by atoms with Crippen LogP contribution < -0.4 is 0 Å². The fourth-order valence-corrected chi connectivity index (χ4v) is 3.51. The third-order valence-corrected chi connectivity index (χ3v) is 4.66. The van der Waals surface area contributed by atoms with Crippen molar-refractivity contribution in [2.75, 3.05) is 0 Å². The van der Waals surface area contributed by atoms with Crippen molar-refractivity contribution in [1.82, 2.24) is 0 Å². The maximum atomic E-state index is 12.3. The van der Waals surface area contributed by atoms with E-state index in [1.807, 2.05) is 13.0 Å². The first kappa shape index (κ1) is 13.8. The first-order valence-corrected chi connectivity index (χ1v) is 7.56. The van der Waals surface area contributed by atoms with Crippen molar-refractivity contribution in [1.29, 1.82) is 0 Å². The highest BCUT2D eigenvalue weighted by Crippen LogP contribution is 2.22. The van der Waals surface area contributed by atoms with E-state index in [9.17, 15) is 8.42 Å². The molecule has 19 heavy (non-hydrogen) atoms. The summed E-state index contributed by atoms with van der Waals surface area (Å²) in [4.78, 5) is 0.319. The molecule has 0 aliphatic heterocycles. The van der Waals surface area contributed by atoms with Gasteiger partial charge in [0.2, 0.25) is 0 Å². The Morgan fingerprint density at radius 3 is 2.37 bits per heavy atom. The van der Waals surface area contributed by atoms with E-state index in [4.69, 9.17) is 9.52 Å². The molecule has 2 rings (SSSR count). The molecule has 0 atom stereocenters. The molecule has 0 fully saturated rings. The van der Waals surface area contributed by atoms with E-state index in [1.165, 1.54) is 0 Å². The highest BCUT2D eigenvalue weighted by atomic mass is 32.2. The van der Waals surface area contributed by atoms with Crippen LogP contribution in [0.5, 0.6) is 0 Å². The number of hydrogen-bond donors (Lipinski definition) is 1. The molecule has 0 spiro atoms. The van der Waals surface area contributed by atoms with Gasteiger partial charge in [0.05, 0.1) is 4.90 Å². The van der Waals surface area contributed by atoms with Crippen molar-refractivity contribution in [2.24, 2.45) is 0 Å². The lowest BCUT2D eigenvalue weighted by Gasteiger charge is -2.07. The zero-order valence-electron chi connectivity index (χ0n) is 10.9. The number of sulfone groups is 1. The Bertz CT molecular complexity index is 683. The van der Waals surface area contributed by atoms with Gasteiger partial charge in [-0.25, -0.2) is 8.42 Å². The molecule has 1 N–H and O–H groups in total. The van der Waals surface area contributed by atoms with Gasteiger partial charge in [0.1, 0.15) is 23.9 Å². The molecule has 1 aromatic carbocycles. The average Bonchev–Trinajstić information content (AvgIpc) is 2.75. The summed E-state index contributed by atoms with van der Waals surface area (Å²) in [5.74, 6) is 0.506. The van der Waals surface area contributed by atoms with E-state index in [0.717, 1.165) is 11.1 Å². The molecule has 0 aliphatic rings. The predicted octanol–water partition coefficient (Wildman–Crippen LogP) is 2.36. The Labute approximate surface area is 112 Å². The Hall–Kier alpha value is -1.59. The standard InChI is InChI=1S/C14H16O4S/c1-10-3-6-14(11(2)7-10)19(16,17)9-13-5-4-12(8-15)18-13/h3-7,15H,8-9H2,1-2H3. The highest BCUT2D eigenvalue weighted by Gasteiger charge is 2.19. The topological polar surface area (TPSA) is 67.5 Å². The van der Waals surface area contributed by atoms with Crippen LogP contribution >= 0.6 is 0 Å². The summed E-state index contributed by atoms with van der Waals surface area (Å²) >= 11 is 0. The van der Waals surface area contributed by atoms with Crippen LogP contribution in [0.2, 0.25) is 0 Å². The third-order valence-electron chi connectivity index (χ3n) is 2.87. The second kappa shape index (κ2) is 5.19. The Morgan fingerprint density at radius 2 is 1.79 bits per heavy atom. The summed E-state index contributed by atoms with van der Waals surface area (Å²) in [5, 5.41) is 8.90. The predicted molar refractivity (Wildman–Crippen MR) is 71.4 cm³/mol. The molecule has 0 bridgehead atoms. The van der Waals surface area contributed by atoms with Crippen LogP contribution in [-0.4, -0.2) is 13.5 Å². The number of rotatable bonds is 4. The van der Waals surface area contributed by atoms with Crippen LogP contribution in [0.1, 0.15) is 22.6 Å². The maximum Gasteiger partial charge on any atom is 0.185 e. The molecule has 0 saturated carbocycles. The monoisotopic (exact) mass is 280 g/mol. The first-order chi connectivity index (χ1) is 8.92. The van der Waals surface area contributed by atoms with Crippen LogP contribution in [-0.2, 0) is 22.2 Å². The van der Waals surface area contributed by atoms with Crippen LogP contribution in [0.25, 0.3) is 0 Å². The fraction of sp³-hybridized carbons (Fsp3) is 0.286. The zero-order valence-corrected chi connectivity index (χ0v) is 11.7. The molecule has 0 unspecified atom stereocenters. The van der Waals surface area contributed by atoms with Crippen molar-refractivity contribution >= 4 is 9.84 Å². The van der Waals surface area contributed by atoms with E-state index in [1.54, 1.807) is 31.2 Å². The molecular weight excluding hydrogens is 264 g/mol. The van der Waals surface area contributed by atoms with Gasteiger partial charge < -0.3 is 9.52 Å². The normalized spacial score (nSPS) is 11.7. The van der Waals surface area contributed by atoms with Crippen LogP contribution in [0, 0.1) is 13.8 Å². The first-order valence-electron chi connectivity index (χ1n) is 5.91. The van der Waals surface area contributed by atoms with Gasteiger partial charge in [-0.3, -0.25) is 0 Å². The number of furan rings is 1. The molecule has 0 radical (unpaired) electrons. The van der Waals surface area contributed by atoms with Gasteiger partial charge in [-0.1, -0.05) is 17.7 Å². The van der Waals surface area contributed by atoms with Gasteiger partial charge in [0, 0.05) is 0 Å². The molecular formula is C14H16O4S. The lowest BCUT2D eigenvalue weighted by Crippen LogP contribution is -2.06. The van der Waals surface area contributed by atoms with Crippen molar-refractivity contribution in [3.8, 4) is 0 Å². The molecule has 0 amide bonds. The van der Waals surface area contributed by atoms with Crippen molar-refractivity contribution < 1.29 is 17.9 Å². The highest BCUT2D eigenvalue weighted by molar-refractivity contribution is 7.90. The van der Waals surface area contributed by atoms with Crippen LogP contribution in [0.15, 0.2) is 39.6 Å². The molecule has 0 saturated heterocycles. The smallest absolute Gasteiger partial charge is 0.185 e. The number of benzene rings is 1. The molecule has 1 heterocycles.